The molecule has 4 N–H and O–H groups in total. The van der Waals surface area contributed by atoms with E-state index >= 15 is 0 Å². The molecule has 0 aliphatic heterocycles. The number of fused-ring (bicyclic) bond motifs is 1. The van der Waals surface area contributed by atoms with E-state index in [1.807, 2.05) is 36.4 Å². The molecule has 1 fully saturated rings. The van der Waals surface area contributed by atoms with Crippen molar-refractivity contribution in [1.29, 1.82) is 0 Å². The summed E-state index contributed by atoms with van der Waals surface area (Å²) >= 11 is 0. The molecule has 4 rings (SSSR count). The molecule has 25 heavy (non-hydrogen) atoms. The quantitative estimate of drug-likeness (QED) is 0.680. The van der Waals surface area contributed by atoms with Crippen LogP contribution in [0.5, 0.6) is 0 Å². The van der Waals surface area contributed by atoms with Crippen LogP contribution in [0.4, 0.5) is 17.5 Å². The Hall–Kier alpha value is -3.15. The fourth-order valence-electron chi connectivity index (χ4n) is 2.81. The summed E-state index contributed by atoms with van der Waals surface area (Å²) < 4.78 is 0. The molecule has 1 aliphatic carbocycles. The Morgan fingerprint density at radius 2 is 1.80 bits per heavy atom. The standard InChI is InChI=1S/C19H19N5O/c1-11(25)21-14-5-2-12(3-6-14)13-4-9-17-16(10-13)18(22-15-7-8-15)24-19(20)23-17/h2-6,9-10,15H,7-8H2,1H3,(H,21,25)(H3,20,22,23,24). The zero-order valence-corrected chi connectivity index (χ0v) is 13.9. The summed E-state index contributed by atoms with van der Waals surface area (Å²) in [5.74, 6) is 0.994. The lowest BCUT2D eigenvalue weighted by atomic mass is 10.0. The van der Waals surface area contributed by atoms with Gasteiger partial charge in [-0.3, -0.25) is 4.79 Å². The smallest absolute Gasteiger partial charge is 0.222 e. The van der Waals surface area contributed by atoms with Gasteiger partial charge in [0.1, 0.15) is 5.82 Å². The molecule has 3 aromatic rings. The summed E-state index contributed by atoms with van der Waals surface area (Å²) in [6.07, 6.45) is 2.32. The predicted octanol–water partition coefficient (Wildman–Crippen LogP) is 3.41. The summed E-state index contributed by atoms with van der Waals surface area (Å²) in [6, 6.07) is 14.3. The average Bonchev–Trinajstić information content (AvgIpc) is 3.39. The van der Waals surface area contributed by atoms with Crippen LogP contribution in [-0.2, 0) is 4.79 Å². The van der Waals surface area contributed by atoms with Gasteiger partial charge in [-0.2, -0.15) is 4.98 Å². The third-order valence-corrected chi connectivity index (χ3v) is 4.17. The molecule has 0 unspecified atom stereocenters. The van der Waals surface area contributed by atoms with Gasteiger partial charge in [0.05, 0.1) is 5.52 Å². The van der Waals surface area contributed by atoms with Crippen molar-refractivity contribution in [2.24, 2.45) is 0 Å². The van der Waals surface area contributed by atoms with Crippen molar-refractivity contribution in [1.82, 2.24) is 9.97 Å². The number of nitrogens with two attached hydrogens (primary N) is 1. The molecule has 0 spiro atoms. The van der Waals surface area contributed by atoms with Crippen LogP contribution in [0, 0.1) is 0 Å². The molecule has 1 saturated carbocycles. The molecule has 0 radical (unpaired) electrons. The number of nitrogens with one attached hydrogen (secondary N) is 2. The Bertz CT molecular complexity index is 948. The monoisotopic (exact) mass is 333 g/mol. The number of hydrogen-bond donors (Lipinski definition) is 3. The zero-order chi connectivity index (χ0) is 17.4. The lowest BCUT2D eigenvalue weighted by Gasteiger charge is -2.11. The summed E-state index contributed by atoms with van der Waals surface area (Å²) in [5, 5.41) is 7.17. The second-order valence-electron chi connectivity index (χ2n) is 6.34. The minimum Gasteiger partial charge on any atom is -0.368 e. The van der Waals surface area contributed by atoms with Gasteiger partial charge in [0.15, 0.2) is 0 Å². The molecular formula is C19H19N5O. The molecule has 0 atom stereocenters. The predicted molar refractivity (Wildman–Crippen MR) is 100 cm³/mol. The molecule has 2 aromatic carbocycles. The lowest BCUT2D eigenvalue weighted by Crippen LogP contribution is -2.07. The Morgan fingerprint density at radius 1 is 1.08 bits per heavy atom. The van der Waals surface area contributed by atoms with Gasteiger partial charge >= 0.3 is 0 Å². The molecule has 0 saturated heterocycles. The maximum absolute atomic E-state index is 11.1. The van der Waals surface area contributed by atoms with Gasteiger partial charge in [-0.25, -0.2) is 4.98 Å². The normalized spacial score (nSPS) is 13.6. The van der Waals surface area contributed by atoms with Crippen LogP contribution in [-0.4, -0.2) is 21.9 Å². The maximum Gasteiger partial charge on any atom is 0.222 e. The molecule has 0 bridgehead atoms. The van der Waals surface area contributed by atoms with Crippen molar-refractivity contribution >= 4 is 34.3 Å². The Labute approximate surface area is 145 Å². The van der Waals surface area contributed by atoms with Crippen molar-refractivity contribution in [2.75, 3.05) is 16.4 Å². The van der Waals surface area contributed by atoms with E-state index in [2.05, 4.69) is 26.7 Å². The minimum absolute atomic E-state index is 0.0796. The molecule has 126 valence electrons. The second-order valence-corrected chi connectivity index (χ2v) is 6.34. The third-order valence-electron chi connectivity index (χ3n) is 4.17. The number of aromatic nitrogens is 2. The van der Waals surface area contributed by atoms with Crippen LogP contribution < -0.4 is 16.4 Å². The summed E-state index contributed by atoms with van der Waals surface area (Å²) in [6.45, 7) is 1.50. The number of benzene rings is 2. The maximum atomic E-state index is 11.1. The fourth-order valence-corrected chi connectivity index (χ4v) is 2.81. The van der Waals surface area contributed by atoms with Crippen molar-refractivity contribution in [3.63, 3.8) is 0 Å². The average molecular weight is 333 g/mol. The number of hydrogen-bond acceptors (Lipinski definition) is 5. The zero-order valence-electron chi connectivity index (χ0n) is 13.9. The van der Waals surface area contributed by atoms with Crippen LogP contribution >= 0.6 is 0 Å². The van der Waals surface area contributed by atoms with E-state index in [-0.39, 0.29) is 11.9 Å². The molecule has 1 aromatic heterocycles. The number of carbonyl (C=O) groups is 1. The SMILES string of the molecule is CC(=O)Nc1ccc(-c2ccc3nc(N)nc(NC4CC4)c3c2)cc1. The van der Waals surface area contributed by atoms with Crippen LogP contribution in [0.1, 0.15) is 19.8 Å². The molecule has 1 aliphatic rings. The number of nitrogen functional groups attached to an aromatic ring is 1. The van der Waals surface area contributed by atoms with Gasteiger partial charge in [0.25, 0.3) is 0 Å². The van der Waals surface area contributed by atoms with Crippen LogP contribution in [0.3, 0.4) is 0 Å². The summed E-state index contributed by atoms with van der Waals surface area (Å²) in [5.41, 5.74) is 9.56. The third kappa shape index (κ3) is 3.38. The van der Waals surface area contributed by atoms with Gasteiger partial charge in [0, 0.05) is 24.0 Å². The van der Waals surface area contributed by atoms with E-state index < -0.39 is 0 Å². The van der Waals surface area contributed by atoms with Crippen LogP contribution in [0.2, 0.25) is 0 Å². The van der Waals surface area contributed by atoms with E-state index in [1.54, 1.807) is 0 Å². The second kappa shape index (κ2) is 6.05. The van der Waals surface area contributed by atoms with Crippen molar-refractivity contribution in [3.05, 3.63) is 42.5 Å². The van der Waals surface area contributed by atoms with E-state index in [0.29, 0.717) is 6.04 Å². The van der Waals surface area contributed by atoms with Crippen molar-refractivity contribution in [2.45, 2.75) is 25.8 Å². The lowest BCUT2D eigenvalue weighted by molar-refractivity contribution is -0.114. The molecule has 6 heteroatoms. The first-order chi connectivity index (χ1) is 12.1. The molecular weight excluding hydrogens is 314 g/mol. The van der Waals surface area contributed by atoms with E-state index in [9.17, 15) is 4.79 Å². The van der Waals surface area contributed by atoms with Crippen LogP contribution in [0.25, 0.3) is 22.0 Å². The Morgan fingerprint density at radius 3 is 2.48 bits per heavy atom. The van der Waals surface area contributed by atoms with Gasteiger partial charge in [0.2, 0.25) is 11.9 Å². The van der Waals surface area contributed by atoms with E-state index in [0.717, 1.165) is 46.4 Å². The van der Waals surface area contributed by atoms with Crippen LogP contribution in [0.15, 0.2) is 42.5 Å². The molecule has 1 heterocycles. The van der Waals surface area contributed by atoms with Crippen molar-refractivity contribution < 1.29 is 4.79 Å². The van der Waals surface area contributed by atoms with Crippen molar-refractivity contribution in [3.8, 4) is 11.1 Å². The summed E-state index contributed by atoms with van der Waals surface area (Å²) in [7, 11) is 0. The highest BCUT2D eigenvalue weighted by molar-refractivity contribution is 5.94. The molecule has 1 amide bonds. The van der Waals surface area contributed by atoms with E-state index in [4.69, 9.17) is 5.73 Å². The number of anilines is 3. The van der Waals surface area contributed by atoms with Gasteiger partial charge in [-0.1, -0.05) is 18.2 Å². The highest BCUT2D eigenvalue weighted by Crippen LogP contribution is 2.31. The topological polar surface area (TPSA) is 92.9 Å². The number of rotatable bonds is 4. The van der Waals surface area contributed by atoms with Gasteiger partial charge < -0.3 is 16.4 Å². The number of nitrogens with zero attached hydrogens (tertiary/aromatic N) is 2. The molecule has 6 nitrogen and oxygen atoms in total. The summed E-state index contributed by atoms with van der Waals surface area (Å²) in [4.78, 5) is 19.8. The van der Waals surface area contributed by atoms with E-state index in [1.165, 1.54) is 6.92 Å². The van der Waals surface area contributed by atoms with Gasteiger partial charge in [-0.05, 0) is 48.2 Å². The largest absolute Gasteiger partial charge is 0.368 e. The highest BCUT2D eigenvalue weighted by atomic mass is 16.1. The minimum atomic E-state index is -0.0796. The first kappa shape index (κ1) is 15.4. The fraction of sp³-hybridized carbons (Fsp3) is 0.211. The van der Waals surface area contributed by atoms with Gasteiger partial charge in [-0.15, -0.1) is 0 Å². The Balaban J connectivity index is 1.72. The highest BCUT2D eigenvalue weighted by Gasteiger charge is 2.22. The Kier molecular flexibility index (Phi) is 3.72. The number of amides is 1. The first-order valence-corrected chi connectivity index (χ1v) is 8.30. The number of carbonyl (C=O) groups excluding carboxylic acids is 1. The first-order valence-electron chi connectivity index (χ1n) is 8.30.